The van der Waals surface area contributed by atoms with Crippen molar-refractivity contribution in [3.05, 3.63) is 82.9 Å². The van der Waals surface area contributed by atoms with Gasteiger partial charge in [-0.25, -0.2) is 4.79 Å². The van der Waals surface area contributed by atoms with Gasteiger partial charge in [0.2, 0.25) is 0 Å². The summed E-state index contributed by atoms with van der Waals surface area (Å²) < 4.78 is 0. The fraction of sp³-hybridized carbons (Fsp3) is 0.286. The molecule has 0 aliphatic heterocycles. The summed E-state index contributed by atoms with van der Waals surface area (Å²) in [6, 6.07) is 15.2. The molecule has 24 heavy (non-hydrogen) atoms. The van der Waals surface area contributed by atoms with Crippen LogP contribution < -0.4 is 0 Å². The highest BCUT2D eigenvalue weighted by Crippen LogP contribution is 2.39. The van der Waals surface area contributed by atoms with Crippen molar-refractivity contribution >= 4 is 17.6 Å². The lowest BCUT2D eigenvalue weighted by Gasteiger charge is -2.27. The lowest BCUT2D eigenvalue weighted by atomic mass is 9.77. The summed E-state index contributed by atoms with van der Waals surface area (Å²) in [6.07, 6.45) is 4.92. The molecule has 3 heteroatoms. The lowest BCUT2D eigenvalue weighted by Crippen LogP contribution is -2.12. The van der Waals surface area contributed by atoms with Crippen molar-refractivity contribution in [1.29, 1.82) is 0 Å². The number of rotatable bonds is 8. The lowest BCUT2D eigenvalue weighted by molar-refractivity contribution is 0.0697. The van der Waals surface area contributed by atoms with Gasteiger partial charge in [0.15, 0.2) is 0 Å². The predicted octanol–water partition coefficient (Wildman–Crippen LogP) is 6.28. The van der Waals surface area contributed by atoms with Gasteiger partial charge < -0.3 is 5.11 Å². The normalized spacial score (nSPS) is 13.2. The molecule has 2 nitrogen and oxygen atoms in total. The standard InChI is InChI=1S/C21H23ClO2/c1-3-5-19(15-7-9-17(10-8-15)21(23)24)20(6-4-2)16-11-13-18(22)14-12-16/h4,7-14,19-20H,2-3,5-6H2,1H3,(H,23,24)/t19-,20+/m1/s1. The van der Waals surface area contributed by atoms with E-state index in [2.05, 4.69) is 25.6 Å². The number of aromatic carboxylic acids is 1. The van der Waals surface area contributed by atoms with Gasteiger partial charge in [-0.15, -0.1) is 6.58 Å². The number of carbonyl (C=O) groups is 1. The molecule has 0 radical (unpaired) electrons. The van der Waals surface area contributed by atoms with Gasteiger partial charge in [0.25, 0.3) is 0 Å². The summed E-state index contributed by atoms with van der Waals surface area (Å²) in [5.41, 5.74) is 2.73. The minimum absolute atomic E-state index is 0.301. The first-order chi connectivity index (χ1) is 11.6. The highest BCUT2D eigenvalue weighted by atomic mass is 35.5. The molecule has 0 amide bonds. The first-order valence-electron chi connectivity index (χ1n) is 8.26. The third-order valence-corrected chi connectivity index (χ3v) is 4.64. The van der Waals surface area contributed by atoms with Crippen LogP contribution in [0.3, 0.4) is 0 Å². The predicted molar refractivity (Wildman–Crippen MR) is 100 cm³/mol. The Hall–Kier alpha value is -2.06. The largest absolute Gasteiger partial charge is 0.478 e. The molecule has 0 heterocycles. The fourth-order valence-electron chi connectivity index (χ4n) is 3.21. The summed E-state index contributed by atoms with van der Waals surface area (Å²) in [4.78, 5) is 11.1. The van der Waals surface area contributed by atoms with Crippen molar-refractivity contribution in [2.75, 3.05) is 0 Å². The Kier molecular flexibility index (Phi) is 6.62. The van der Waals surface area contributed by atoms with Crippen LogP contribution in [0.4, 0.5) is 0 Å². The smallest absolute Gasteiger partial charge is 0.335 e. The Morgan fingerprint density at radius 3 is 2.12 bits per heavy atom. The van der Waals surface area contributed by atoms with E-state index in [1.54, 1.807) is 12.1 Å². The van der Waals surface area contributed by atoms with E-state index in [1.165, 1.54) is 11.1 Å². The van der Waals surface area contributed by atoms with Crippen LogP contribution in [0, 0.1) is 0 Å². The second-order valence-electron chi connectivity index (χ2n) is 6.00. The summed E-state index contributed by atoms with van der Waals surface area (Å²) in [7, 11) is 0. The van der Waals surface area contributed by atoms with Crippen molar-refractivity contribution in [3.8, 4) is 0 Å². The van der Waals surface area contributed by atoms with Gasteiger partial charge >= 0.3 is 5.97 Å². The molecule has 1 N–H and O–H groups in total. The molecule has 0 aliphatic rings. The number of hydrogen-bond donors (Lipinski definition) is 1. The van der Waals surface area contributed by atoms with Crippen LogP contribution >= 0.6 is 11.6 Å². The van der Waals surface area contributed by atoms with E-state index in [0.29, 0.717) is 17.4 Å². The number of benzene rings is 2. The van der Waals surface area contributed by atoms with Crippen molar-refractivity contribution in [2.45, 2.75) is 38.0 Å². The SMILES string of the molecule is C=CC[C@@H](c1ccc(Cl)cc1)[C@H](CCC)c1ccc(C(=O)O)cc1. The average molecular weight is 343 g/mol. The number of carboxylic acid groups (broad SMARTS) is 1. The van der Waals surface area contributed by atoms with Gasteiger partial charge in [-0.3, -0.25) is 0 Å². The molecule has 0 aromatic heterocycles. The molecule has 0 aliphatic carbocycles. The zero-order chi connectivity index (χ0) is 17.5. The molecule has 2 rings (SSSR count). The average Bonchev–Trinajstić information content (AvgIpc) is 2.59. The summed E-state index contributed by atoms with van der Waals surface area (Å²) >= 11 is 6.02. The molecule has 0 spiro atoms. The van der Waals surface area contributed by atoms with Gasteiger partial charge in [-0.05, 0) is 60.1 Å². The highest BCUT2D eigenvalue weighted by molar-refractivity contribution is 6.30. The molecule has 2 aromatic rings. The van der Waals surface area contributed by atoms with E-state index < -0.39 is 5.97 Å². The fourth-order valence-corrected chi connectivity index (χ4v) is 3.33. The Balaban J connectivity index is 2.38. The minimum Gasteiger partial charge on any atom is -0.478 e. The molecule has 0 unspecified atom stereocenters. The van der Waals surface area contributed by atoms with E-state index in [4.69, 9.17) is 16.7 Å². The highest BCUT2D eigenvalue weighted by Gasteiger charge is 2.23. The second kappa shape index (κ2) is 8.70. The van der Waals surface area contributed by atoms with Gasteiger partial charge in [-0.2, -0.15) is 0 Å². The van der Waals surface area contributed by atoms with Crippen LogP contribution in [-0.2, 0) is 0 Å². The molecular weight excluding hydrogens is 320 g/mol. The Bertz CT molecular complexity index is 674. The molecule has 2 aromatic carbocycles. The van der Waals surface area contributed by atoms with Crippen molar-refractivity contribution in [1.82, 2.24) is 0 Å². The molecule has 2 atom stereocenters. The number of halogens is 1. The van der Waals surface area contributed by atoms with Gasteiger partial charge in [0.1, 0.15) is 0 Å². The van der Waals surface area contributed by atoms with Crippen molar-refractivity contribution in [2.24, 2.45) is 0 Å². The molecule has 0 saturated heterocycles. The quantitative estimate of drug-likeness (QED) is 0.573. The van der Waals surface area contributed by atoms with Crippen molar-refractivity contribution < 1.29 is 9.90 Å². The van der Waals surface area contributed by atoms with Crippen LogP contribution in [0.15, 0.2) is 61.2 Å². The molecule has 0 saturated carbocycles. The maximum atomic E-state index is 11.1. The first-order valence-corrected chi connectivity index (χ1v) is 8.64. The molecular formula is C21H23ClO2. The first kappa shape index (κ1) is 18.3. The van der Waals surface area contributed by atoms with Crippen LogP contribution in [0.5, 0.6) is 0 Å². The minimum atomic E-state index is -0.895. The maximum absolute atomic E-state index is 11.1. The van der Waals surface area contributed by atoms with E-state index in [9.17, 15) is 4.79 Å². The summed E-state index contributed by atoms with van der Waals surface area (Å²) in [6.45, 7) is 6.09. The monoisotopic (exact) mass is 342 g/mol. The van der Waals surface area contributed by atoms with Gasteiger partial charge in [-0.1, -0.05) is 55.3 Å². The van der Waals surface area contributed by atoms with Crippen LogP contribution in [0.25, 0.3) is 0 Å². The number of allylic oxidation sites excluding steroid dienone is 1. The van der Waals surface area contributed by atoms with E-state index in [1.807, 2.05) is 30.3 Å². The second-order valence-corrected chi connectivity index (χ2v) is 6.44. The molecule has 0 bridgehead atoms. The Labute approximate surface area is 148 Å². The third-order valence-electron chi connectivity index (χ3n) is 4.39. The Morgan fingerprint density at radius 1 is 1.08 bits per heavy atom. The molecule has 0 fully saturated rings. The van der Waals surface area contributed by atoms with Crippen LogP contribution in [0.1, 0.15) is 59.5 Å². The summed E-state index contributed by atoms with van der Waals surface area (Å²) in [5.74, 6) is -0.277. The zero-order valence-corrected chi connectivity index (χ0v) is 14.7. The maximum Gasteiger partial charge on any atom is 0.335 e. The van der Waals surface area contributed by atoms with E-state index in [0.717, 1.165) is 24.3 Å². The number of hydrogen-bond acceptors (Lipinski definition) is 1. The van der Waals surface area contributed by atoms with Gasteiger partial charge in [0, 0.05) is 5.02 Å². The summed E-state index contributed by atoms with van der Waals surface area (Å²) in [5, 5.41) is 9.82. The van der Waals surface area contributed by atoms with Crippen LogP contribution in [0.2, 0.25) is 5.02 Å². The molecule has 126 valence electrons. The van der Waals surface area contributed by atoms with E-state index >= 15 is 0 Å². The zero-order valence-electron chi connectivity index (χ0n) is 13.9. The van der Waals surface area contributed by atoms with E-state index in [-0.39, 0.29) is 0 Å². The van der Waals surface area contributed by atoms with Crippen LogP contribution in [-0.4, -0.2) is 11.1 Å². The third kappa shape index (κ3) is 4.48. The Morgan fingerprint density at radius 2 is 1.62 bits per heavy atom. The van der Waals surface area contributed by atoms with Gasteiger partial charge in [0.05, 0.1) is 5.56 Å². The topological polar surface area (TPSA) is 37.3 Å². The van der Waals surface area contributed by atoms with Crippen molar-refractivity contribution in [3.63, 3.8) is 0 Å². The number of carboxylic acids is 1.